The predicted octanol–water partition coefficient (Wildman–Crippen LogP) is 5.19. The van der Waals surface area contributed by atoms with Crippen molar-refractivity contribution in [2.75, 3.05) is 0 Å². The number of aromatic amines is 1. The van der Waals surface area contributed by atoms with Crippen molar-refractivity contribution in [3.8, 4) is 5.75 Å². The molecule has 1 N–H and O–H groups in total. The monoisotopic (exact) mass is 448 g/mol. The minimum absolute atomic E-state index is 0.0394. The van der Waals surface area contributed by atoms with E-state index in [-0.39, 0.29) is 5.43 Å². The maximum atomic E-state index is 12.6. The molecule has 4 rings (SSSR count). The van der Waals surface area contributed by atoms with Crippen LogP contribution in [0.25, 0.3) is 10.9 Å². The molecule has 0 amide bonds. The molecule has 0 fully saturated rings. The molecule has 32 heavy (non-hydrogen) atoms. The van der Waals surface area contributed by atoms with Gasteiger partial charge in [-0.2, -0.15) is 0 Å². The summed E-state index contributed by atoms with van der Waals surface area (Å²) in [5.74, 6) is 2.21. The highest BCUT2D eigenvalue weighted by Crippen LogP contribution is 2.24. The van der Waals surface area contributed by atoms with Crippen LogP contribution >= 0.6 is 11.8 Å². The highest BCUT2D eigenvalue weighted by molar-refractivity contribution is 7.98. The summed E-state index contributed by atoms with van der Waals surface area (Å²) in [7, 11) is 0. The number of pyridine rings is 1. The van der Waals surface area contributed by atoms with Gasteiger partial charge in [0.15, 0.2) is 16.4 Å². The van der Waals surface area contributed by atoms with Crippen LogP contribution in [0.5, 0.6) is 5.75 Å². The Morgan fingerprint density at radius 2 is 1.84 bits per heavy atom. The van der Waals surface area contributed by atoms with E-state index in [1.165, 1.54) is 5.56 Å². The van der Waals surface area contributed by atoms with Gasteiger partial charge in [0.2, 0.25) is 0 Å². The summed E-state index contributed by atoms with van der Waals surface area (Å²) >= 11 is 1.56. The van der Waals surface area contributed by atoms with Gasteiger partial charge in [-0.25, -0.2) is 0 Å². The van der Waals surface area contributed by atoms with Gasteiger partial charge in [-0.1, -0.05) is 36.9 Å². The first-order valence-corrected chi connectivity index (χ1v) is 11.9. The fourth-order valence-electron chi connectivity index (χ4n) is 3.65. The van der Waals surface area contributed by atoms with Crippen LogP contribution in [0.3, 0.4) is 0 Å². The van der Waals surface area contributed by atoms with E-state index in [1.807, 2.05) is 31.2 Å². The Balaban J connectivity index is 1.48. The van der Waals surface area contributed by atoms with Gasteiger partial charge in [-0.3, -0.25) is 4.79 Å². The van der Waals surface area contributed by atoms with Crippen molar-refractivity contribution < 1.29 is 4.74 Å². The molecule has 0 aliphatic heterocycles. The lowest BCUT2D eigenvalue weighted by molar-refractivity contribution is 0.288. The molecule has 0 aliphatic carbocycles. The largest absolute Gasteiger partial charge is 0.486 e. The molecular weight excluding hydrogens is 420 g/mol. The number of nitrogens with zero attached hydrogens (tertiary/aromatic N) is 3. The zero-order valence-electron chi connectivity index (χ0n) is 18.9. The van der Waals surface area contributed by atoms with Crippen molar-refractivity contribution >= 4 is 22.7 Å². The normalized spacial score (nSPS) is 11.2. The minimum Gasteiger partial charge on any atom is -0.486 e. The third-order valence-corrected chi connectivity index (χ3v) is 6.77. The Hall–Kier alpha value is -3.06. The number of hydrogen-bond acceptors (Lipinski definition) is 5. The van der Waals surface area contributed by atoms with Crippen molar-refractivity contribution in [3.05, 3.63) is 80.9 Å². The summed E-state index contributed by atoms with van der Waals surface area (Å²) < 4.78 is 7.97. The fourth-order valence-corrected chi connectivity index (χ4v) is 4.58. The van der Waals surface area contributed by atoms with Crippen LogP contribution in [-0.2, 0) is 25.3 Å². The van der Waals surface area contributed by atoms with Gasteiger partial charge in [-0.15, -0.1) is 10.2 Å². The number of fused-ring (bicyclic) bond motifs is 1. The van der Waals surface area contributed by atoms with Crippen LogP contribution < -0.4 is 10.2 Å². The zero-order chi connectivity index (χ0) is 22.7. The van der Waals surface area contributed by atoms with E-state index in [0.717, 1.165) is 57.4 Å². The fraction of sp³-hybridized carbons (Fsp3) is 0.320. The van der Waals surface area contributed by atoms with Crippen molar-refractivity contribution in [2.24, 2.45) is 0 Å². The highest BCUT2D eigenvalue weighted by Gasteiger charge is 2.13. The number of nitrogens with one attached hydrogen (secondary N) is 1. The molecule has 6 nitrogen and oxygen atoms in total. The second-order valence-electron chi connectivity index (χ2n) is 7.81. The number of hydrogen-bond donors (Lipinski definition) is 1. The molecule has 0 saturated carbocycles. The van der Waals surface area contributed by atoms with Crippen LogP contribution in [0.15, 0.2) is 52.4 Å². The Morgan fingerprint density at radius 1 is 1.06 bits per heavy atom. The minimum atomic E-state index is 0.0394. The molecule has 2 aromatic carbocycles. The second kappa shape index (κ2) is 9.61. The van der Waals surface area contributed by atoms with E-state index < -0.39 is 0 Å². The van der Waals surface area contributed by atoms with Crippen molar-refractivity contribution in [3.63, 3.8) is 0 Å². The van der Waals surface area contributed by atoms with E-state index in [4.69, 9.17) is 4.74 Å². The molecule has 0 spiro atoms. The Morgan fingerprint density at radius 3 is 2.56 bits per heavy atom. The van der Waals surface area contributed by atoms with Crippen molar-refractivity contribution in [1.82, 2.24) is 19.7 Å². The first kappa shape index (κ1) is 22.1. The summed E-state index contributed by atoms with van der Waals surface area (Å²) in [4.78, 5) is 16.0. The van der Waals surface area contributed by atoms with E-state index in [0.29, 0.717) is 12.4 Å². The zero-order valence-corrected chi connectivity index (χ0v) is 19.8. The average Bonchev–Trinajstić information content (AvgIpc) is 3.21. The van der Waals surface area contributed by atoms with Gasteiger partial charge in [0.05, 0.1) is 5.52 Å². The van der Waals surface area contributed by atoms with E-state index >= 15 is 0 Å². The predicted molar refractivity (Wildman–Crippen MR) is 129 cm³/mol. The number of aromatic nitrogens is 4. The van der Waals surface area contributed by atoms with E-state index in [9.17, 15) is 4.79 Å². The number of ether oxygens (including phenoxy) is 1. The standard InChI is InChI=1S/C25H28N4O2S/c1-5-18-8-10-20(11-9-18)31-14-23-27-28-25(29(23)6-2)32-15-19-13-22(30)21-12-7-16(3)17(4)24(21)26-19/h7-13H,5-6,14-15H2,1-4H3,(H,26,30). The van der Waals surface area contributed by atoms with Gasteiger partial charge < -0.3 is 14.3 Å². The topological polar surface area (TPSA) is 72.8 Å². The number of aryl methyl sites for hydroxylation is 3. The van der Waals surface area contributed by atoms with Gasteiger partial charge >= 0.3 is 0 Å². The molecule has 2 aromatic heterocycles. The average molecular weight is 449 g/mol. The molecule has 0 radical (unpaired) electrons. The van der Waals surface area contributed by atoms with Gasteiger partial charge in [0, 0.05) is 29.4 Å². The maximum Gasteiger partial charge on any atom is 0.191 e. The van der Waals surface area contributed by atoms with E-state index in [2.05, 4.69) is 52.7 Å². The van der Waals surface area contributed by atoms with Gasteiger partial charge in [0.25, 0.3) is 0 Å². The van der Waals surface area contributed by atoms with Gasteiger partial charge in [-0.05, 0) is 62.1 Å². The Kier molecular flexibility index (Phi) is 6.65. The Labute approximate surface area is 192 Å². The molecule has 2 heterocycles. The number of thioether (sulfide) groups is 1. The molecule has 0 aliphatic rings. The summed E-state index contributed by atoms with van der Waals surface area (Å²) in [6, 6.07) is 13.7. The lowest BCUT2D eigenvalue weighted by atomic mass is 10.0. The SMILES string of the molecule is CCc1ccc(OCc2nnc(SCc3cc(=O)c4ccc(C)c(C)c4[nH]3)n2CC)cc1. The number of H-pyrrole nitrogens is 1. The molecule has 0 bridgehead atoms. The molecule has 4 aromatic rings. The van der Waals surface area contributed by atoms with Gasteiger partial charge in [0.1, 0.15) is 12.4 Å². The third kappa shape index (κ3) is 4.58. The lowest BCUT2D eigenvalue weighted by Crippen LogP contribution is -2.08. The lowest BCUT2D eigenvalue weighted by Gasteiger charge is -2.10. The van der Waals surface area contributed by atoms with Crippen LogP contribution in [0.1, 0.15) is 42.1 Å². The first-order chi connectivity index (χ1) is 15.5. The quantitative estimate of drug-likeness (QED) is 0.376. The van der Waals surface area contributed by atoms with Crippen molar-refractivity contribution in [2.45, 2.75) is 58.2 Å². The summed E-state index contributed by atoms with van der Waals surface area (Å²) in [6.45, 7) is 9.40. The van der Waals surface area contributed by atoms with Crippen LogP contribution in [-0.4, -0.2) is 19.7 Å². The molecule has 0 saturated heterocycles. The second-order valence-corrected chi connectivity index (χ2v) is 8.75. The van der Waals surface area contributed by atoms with E-state index in [1.54, 1.807) is 17.8 Å². The molecule has 7 heteroatoms. The Bertz CT molecular complexity index is 1290. The maximum absolute atomic E-state index is 12.6. The highest BCUT2D eigenvalue weighted by atomic mass is 32.2. The summed E-state index contributed by atoms with van der Waals surface area (Å²) in [5.41, 5.74) is 5.38. The van der Waals surface area contributed by atoms with Crippen molar-refractivity contribution in [1.29, 1.82) is 0 Å². The molecule has 0 atom stereocenters. The van der Waals surface area contributed by atoms with Crippen LogP contribution in [0.2, 0.25) is 0 Å². The summed E-state index contributed by atoms with van der Waals surface area (Å²) in [5, 5.41) is 10.2. The molecule has 166 valence electrons. The third-order valence-electron chi connectivity index (χ3n) is 5.76. The molecular formula is C25H28N4O2S. The number of rotatable bonds is 8. The number of benzene rings is 2. The summed E-state index contributed by atoms with van der Waals surface area (Å²) in [6.07, 6.45) is 1.01. The van der Waals surface area contributed by atoms with Crippen LogP contribution in [0, 0.1) is 13.8 Å². The first-order valence-electron chi connectivity index (χ1n) is 10.9. The smallest absolute Gasteiger partial charge is 0.191 e. The van der Waals surface area contributed by atoms with Crippen LogP contribution in [0.4, 0.5) is 0 Å². The molecule has 0 unspecified atom stereocenters.